The molecule has 55 heavy (non-hydrogen) atoms. The third kappa shape index (κ3) is 4.98. The highest BCUT2D eigenvalue weighted by molar-refractivity contribution is 5.79. The Kier molecular flexibility index (Phi) is 9.32. The van der Waals surface area contributed by atoms with E-state index in [0.29, 0.717) is 32.3 Å². The van der Waals surface area contributed by atoms with Crippen molar-refractivity contribution in [2.75, 3.05) is 13.7 Å². The summed E-state index contributed by atoms with van der Waals surface area (Å²) in [5.41, 5.74) is -1.53. The molecule has 8 rings (SSSR count). The number of fused-ring (bicyclic) bond motifs is 3. The van der Waals surface area contributed by atoms with Gasteiger partial charge in [-0.15, -0.1) is 0 Å². The van der Waals surface area contributed by atoms with Crippen LogP contribution >= 0.6 is 0 Å². The van der Waals surface area contributed by atoms with E-state index in [1.165, 1.54) is 5.57 Å². The number of aliphatic hydroxyl groups excluding tert-OH is 3. The van der Waals surface area contributed by atoms with Gasteiger partial charge >= 0.3 is 11.9 Å². The van der Waals surface area contributed by atoms with Gasteiger partial charge in [-0.05, 0) is 121 Å². The minimum atomic E-state index is -1.78. The first-order valence-electron chi connectivity index (χ1n) is 21.0. The number of carboxylic acids is 2. The van der Waals surface area contributed by atoms with E-state index < -0.39 is 65.0 Å². The lowest BCUT2D eigenvalue weighted by molar-refractivity contribution is -0.333. The number of ether oxygens (including phenoxy) is 3. The maximum atomic E-state index is 14.0. The number of carboxylic acid groups (broad SMARTS) is 2. The van der Waals surface area contributed by atoms with Crippen molar-refractivity contribution in [3.63, 3.8) is 0 Å². The topological polar surface area (TPSA) is 180 Å². The fraction of sp³-hybridized carbons (Fsp3) is 0.841. The van der Waals surface area contributed by atoms with Crippen LogP contribution in [0, 0.1) is 67.5 Å². The van der Waals surface area contributed by atoms with E-state index in [1.54, 1.807) is 7.11 Å². The second kappa shape index (κ2) is 12.9. The Labute approximate surface area is 325 Å². The van der Waals surface area contributed by atoms with Gasteiger partial charge in [0.2, 0.25) is 0 Å². The molecule has 8 aliphatic rings. The molecule has 1 heterocycles. The highest BCUT2D eigenvalue weighted by atomic mass is 16.7. The van der Waals surface area contributed by atoms with Crippen molar-refractivity contribution in [2.24, 2.45) is 67.5 Å². The van der Waals surface area contributed by atoms with E-state index >= 15 is 0 Å². The van der Waals surface area contributed by atoms with Crippen molar-refractivity contribution in [3.05, 3.63) is 23.8 Å². The van der Waals surface area contributed by atoms with Crippen LogP contribution < -0.4 is 0 Å². The van der Waals surface area contributed by atoms with Crippen molar-refractivity contribution in [2.45, 2.75) is 148 Å². The molecular formula is C44H64O11. The average molecular weight is 769 g/mol. The zero-order valence-electron chi connectivity index (χ0n) is 33.5. The maximum Gasteiger partial charge on any atom is 0.335 e. The van der Waals surface area contributed by atoms with Crippen molar-refractivity contribution in [1.82, 2.24) is 0 Å². The van der Waals surface area contributed by atoms with Gasteiger partial charge in [0, 0.05) is 24.9 Å². The molecule has 0 aromatic rings. The third-order valence-electron chi connectivity index (χ3n) is 18.4. The van der Waals surface area contributed by atoms with Gasteiger partial charge in [-0.3, -0.25) is 4.79 Å². The molecule has 0 aromatic carbocycles. The van der Waals surface area contributed by atoms with Crippen LogP contribution in [0.3, 0.4) is 0 Å². The SMILES string of the molecule is COCC1CC2(C)CC=CC3(C2)C2=CC4CCC5CC(OC6OC(C(=O)O)C(O)C(O)C6O)C(C)(C)C6CCC(C)(C4C56C)C2(CCC=O)CCC13C(=O)O. The van der Waals surface area contributed by atoms with Crippen molar-refractivity contribution < 1.29 is 54.1 Å². The van der Waals surface area contributed by atoms with Crippen LogP contribution in [-0.4, -0.2) is 94.3 Å². The predicted molar refractivity (Wildman–Crippen MR) is 200 cm³/mol. The van der Waals surface area contributed by atoms with E-state index in [1.807, 2.05) is 0 Å². The number of rotatable bonds is 9. The summed E-state index contributed by atoms with van der Waals surface area (Å²) in [5, 5.41) is 53.1. The molecule has 17 unspecified atom stereocenters. The van der Waals surface area contributed by atoms with E-state index in [-0.39, 0.29) is 51.2 Å². The number of aldehydes is 1. The predicted octanol–water partition coefficient (Wildman–Crippen LogP) is 5.54. The Balaban J connectivity index is 1.23. The molecule has 1 saturated heterocycles. The number of carbonyl (C=O) groups is 3. The Morgan fingerprint density at radius 2 is 1.73 bits per heavy atom. The Bertz CT molecular complexity index is 1660. The van der Waals surface area contributed by atoms with Gasteiger partial charge in [0.1, 0.15) is 24.6 Å². The van der Waals surface area contributed by atoms with Gasteiger partial charge in [0.25, 0.3) is 0 Å². The summed E-state index contributed by atoms with van der Waals surface area (Å²) in [6, 6.07) is 0. The van der Waals surface area contributed by atoms with Crippen LogP contribution in [0.25, 0.3) is 0 Å². The van der Waals surface area contributed by atoms with Gasteiger partial charge in [-0.25, -0.2) is 4.79 Å². The van der Waals surface area contributed by atoms with Crippen LogP contribution in [0.1, 0.15) is 112 Å². The normalized spacial score (nSPS) is 53.2. The summed E-state index contributed by atoms with van der Waals surface area (Å²) in [7, 11) is 1.69. The van der Waals surface area contributed by atoms with Crippen LogP contribution in [0.4, 0.5) is 0 Å². The van der Waals surface area contributed by atoms with Crippen molar-refractivity contribution >= 4 is 18.2 Å². The minimum absolute atomic E-state index is 0.0544. The molecule has 1 spiro atoms. The van der Waals surface area contributed by atoms with Gasteiger partial charge in [-0.1, -0.05) is 58.4 Å². The number of aliphatic carboxylic acids is 2. The van der Waals surface area contributed by atoms with E-state index in [9.17, 15) is 39.9 Å². The number of carbonyl (C=O) groups excluding carboxylic acids is 1. The summed E-state index contributed by atoms with van der Waals surface area (Å²) in [6.45, 7) is 12.2. The van der Waals surface area contributed by atoms with Crippen LogP contribution in [0.2, 0.25) is 0 Å². The van der Waals surface area contributed by atoms with Crippen molar-refractivity contribution in [1.29, 1.82) is 0 Å². The minimum Gasteiger partial charge on any atom is -0.481 e. The van der Waals surface area contributed by atoms with Crippen LogP contribution in [-0.2, 0) is 28.6 Å². The number of hydrogen-bond acceptors (Lipinski definition) is 9. The molecule has 0 aromatic heterocycles. The summed E-state index contributed by atoms with van der Waals surface area (Å²) in [5.74, 6) is -1.31. The Morgan fingerprint density at radius 1 is 0.982 bits per heavy atom. The number of allylic oxidation sites excluding steroid dienone is 4. The lowest BCUT2D eigenvalue weighted by Crippen LogP contribution is -2.73. The molecule has 5 N–H and O–H groups in total. The molecule has 306 valence electrons. The molecular weight excluding hydrogens is 704 g/mol. The van der Waals surface area contributed by atoms with Gasteiger partial charge in [0.15, 0.2) is 12.4 Å². The molecule has 11 heteroatoms. The first kappa shape index (κ1) is 39.7. The molecule has 2 bridgehead atoms. The molecule has 0 radical (unpaired) electrons. The Morgan fingerprint density at radius 3 is 2.40 bits per heavy atom. The molecule has 5 saturated carbocycles. The third-order valence-corrected chi connectivity index (χ3v) is 18.4. The largest absolute Gasteiger partial charge is 0.481 e. The quantitative estimate of drug-likeness (QED) is 0.113. The van der Waals surface area contributed by atoms with Crippen LogP contribution in [0.15, 0.2) is 23.8 Å². The van der Waals surface area contributed by atoms with Crippen molar-refractivity contribution in [3.8, 4) is 0 Å². The summed E-state index contributed by atoms with van der Waals surface area (Å²) in [6.07, 6.45) is 8.87. The Hall–Kier alpha value is -2.15. The fourth-order valence-electron chi connectivity index (χ4n) is 16.4. The zero-order chi connectivity index (χ0) is 39.7. The number of hydrogen-bond donors (Lipinski definition) is 5. The molecule has 7 aliphatic carbocycles. The summed E-state index contributed by atoms with van der Waals surface area (Å²) < 4.78 is 18.1. The first-order valence-corrected chi connectivity index (χ1v) is 21.0. The van der Waals surface area contributed by atoms with E-state index in [2.05, 4.69) is 52.8 Å². The molecule has 6 fully saturated rings. The lowest BCUT2D eigenvalue weighted by atomic mass is 9.26. The average Bonchev–Trinajstić information content (AvgIpc) is 3.11. The first-order chi connectivity index (χ1) is 25.8. The smallest absolute Gasteiger partial charge is 0.335 e. The standard InChI is InChI=1S/C44H64O11/c1-38(2)27-11-15-40(4)34-24(9-10-25(41(27,34)5)20-29(38)54-36-32(48)30(46)31(47)33(55-36)35(49)50)19-28-42(40,14-8-18-45)16-17-44(37(51)52)26(22-53-6)21-39(3)12-7-13-43(28,44)23-39/h7,13,18-19,24-27,29-34,36,46-48H,8-12,14-17,20-23H2,1-6H3,(H,49,50)(H,51,52). The van der Waals surface area contributed by atoms with Gasteiger partial charge < -0.3 is 44.5 Å². The number of methoxy groups -OCH3 is 1. The van der Waals surface area contributed by atoms with Crippen LogP contribution in [0.5, 0.6) is 0 Å². The number of aliphatic hydroxyl groups is 3. The highest BCUT2D eigenvalue weighted by Crippen LogP contribution is 2.83. The van der Waals surface area contributed by atoms with Gasteiger partial charge in [0.05, 0.1) is 18.1 Å². The zero-order valence-corrected chi connectivity index (χ0v) is 33.5. The monoisotopic (exact) mass is 768 g/mol. The molecule has 17 atom stereocenters. The van der Waals surface area contributed by atoms with E-state index in [4.69, 9.17) is 14.2 Å². The maximum absolute atomic E-state index is 14.0. The second-order valence-corrected chi connectivity index (χ2v) is 20.8. The highest BCUT2D eigenvalue weighted by Gasteiger charge is 2.78. The lowest BCUT2D eigenvalue weighted by Gasteiger charge is -2.78. The molecule has 0 amide bonds. The summed E-state index contributed by atoms with van der Waals surface area (Å²) >= 11 is 0. The second-order valence-electron chi connectivity index (χ2n) is 20.8. The van der Waals surface area contributed by atoms with E-state index in [0.717, 1.165) is 57.7 Å². The molecule has 11 nitrogen and oxygen atoms in total. The molecule has 1 aliphatic heterocycles. The summed E-state index contributed by atoms with van der Waals surface area (Å²) in [4.78, 5) is 38.4. The fourth-order valence-corrected chi connectivity index (χ4v) is 16.4. The van der Waals surface area contributed by atoms with Gasteiger partial charge in [-0.2, -0.15) is 0 Å².